The lowest BCUT2D eigenvalue weighted by Crippen LogP contribution is -2.61. The Balaban J connectivity index is 1.55. The monoisotopic (exact) mass is 498 g/mol. The highest BCUT2D eigenvalue weighted by Crippen LogP contribution is 2.64. The van der Waals surface area contributed by atoms with Gasteiger partial charge in [0.2, 0.25) is 6.29 Å². The van der Waals surface area contributed by atoms with E-state index >= 15 is 0 Å². The lowest BCUT2D eigenvalue weighted by atomic mass is 9.45. The fourth-order valence-electron chi connectivity index (χ4n) is 7.65. The van der Waals surface area contributed by atoms with E-state index in [2.05, 4.69) is 13.0 Å². The zero-order chi connectivity index (χ0) is 25.8. The Bertz CT molecular complexity index is 830. The molecule has 11 atom stereocenters. The van der Waals surface area contributed by atoms with E-state index in [1.807, 2.05) is 13.8 Å². The van der Waals surface area contributed by atoms with Crippen LogP contribution in [0, 0.1) is 28.1 Å². The predicted octanol–water partition coefficient (Wildman–Crippen LogP) is 0.632. The molecule has 0 amide bonds. The van der Waals surface area contributed by atoms with Crippen molar-refractivity contribution in [2.45, 2.75) is 103 Å². The van der Waals surface area contributed by atoms with Crippen molar-refractivity contribution in [2.75, 3.05) is 13.2 Å². The molecule has 9 nitrogen and oxygen atoms in total. The summed E-state index contributed by atoms with van der Waals surface area (Å²) in [6, 6.07) is 0. The van der Waals surface area contributed by atoms with E-state index in [1.165, 1.54) is 5.57 Å². The molecular weight excluding hydrogens is 456 g/mol. The molecule has 1 aliphatic heterocycles. The Morgan fingerprint density at radius 2 is 1.80 bits per heavy atom. The Morgan fingerprint density at radius 1 is 1.09 bits per heavy atom. The first-order chi connectivity index (χ1) is 16.4. The van der Waals surface area contributed by atoms with Crippen molar-refractivity contribution in [1.29, 1.82) is 0 Å². The van der Waals surface area contributed by atoms with Gasteiger partial charge in [-0.05, 0) is 62.7 Å². The summed E-state index contributed by atoms with van der Waals surface area (Å²) in [5.41, 5.74) is -0.111. The summed E-state index contributed by atoms with van der Waals surface area (Å²) in [4.78, 5) is 13.6. The first-order valence-electron chi connectivity index (χ1n) is 12.9. The molecule has 0 aromatic heterocycles. The Morgan fingerprint density at radius 3 is 2.46 bits per heavy atom. The second kappa shape index (κ2) is 9.67. The normalized spacial score (nSPS) is 48.8. The van der Waals surface area contributed by atoms with Crippen molar-refractivity contribution >= 4 is 5.97 Å². The largest absolute Gasteiger partial charge is 0.432 e. The molecule has 11 unspecified atom stereocenters. The SMILES string of the molecule is CC1(C(O)CO)C=C2CCC3C(C)(C(=O)OC4OC(CO)C(O)C(O)C4O)CCCC3(C)C2CC1. The summed E-state index contributed by atoms with van der Waals surface area (Å²) in [5, 5.41) is 59.9. The number of allylic oxidation sites excluding steroid dienone is 1. The molecule has 0 radical (unpaired) electrons. The number of aliphatic hydroxyl groups excluding tert-OH is 6. The molecule has 0 spiro atoms. The first kappa shape index (κ1) is 27.0. The molecule has 0 bridgehead atoms. The molecule has 6 N–H and O–H groups in total. The van der Waals surface area contributed by atoms with Crippen LogP contribution in [0.3, 0.4) is 0 Å². The average Bonchev–Trinajstić information content (AvgIpc) is 2.83. The fraction of sp³-hybridized carbons (Fsp3) is 0.885. The molecular formula is C26H42O9. The number of fused-ring (bicyclic) bond motifs is 3. The number of ether oxygens (including phenoxy) is 2. The summed E-state index contributed by atoms with van der Waals surface area (Å²) in [5.74, 6) is -0.183. The molecule has 2 saturated carbocycles. The molecule has 3 aliphatic carbocycles. The van der Waals surface area contributed by atoms with E-state index in [9.17, 15) is 35.4 Å². The van der Waals surface area contributed by atoms with Crippen LogP contribution in [0.15, 0.2) is 11.6 Å². The quantitative estimate of drug-likeness (QED) is 0.236. The molecule has 35 heavy (non-hydrogen) atoms. The summed E-state index contributed by atoms with van der Waals surface area (Å²) in [6.07, 6.45) is -0.293. The summed E-state index contributed by atoms with van der Waals surface area (Å²) < 4.78 is 11.1. The third-order valence-corrected chi connectivity index (χ3v) is 9.90. The summed E-state index contributed by atoms with van der Waals surface area (Å²) in [7, 11) is 0. The van der Waals surface area contributed by atoms with Crippen LogP contribution in [-0.2, 0) is 14.3 Å². The van der Waals surface area contributed by atoms with E-state index in [0.717, 1.165) is 38.5 Å². The van der Waals surface area contributed by atoms with Crippen LogP contribution < -0.4 is 0 Å². The molecule has 1 heterocycles. The minimum Gasteiger partial charge on any atom is -0.432 e. The van der Waals surface area contributed by atoms with Gasteiger partial charge in [-0.1, -0.05) is 31.9 Å². The van der Waals surface area contributed by atoms with E-state index in [-0.39, 0.29) is 23.9 Å². The minimum atomic E-state index is -1.62. The maximum Gasteiger partial charge on any atom is 0.314 e. The average molecular weight is 499 g/mol. The van der Waals surface area contributed by atoms with Gasteiger partial charge in [-0.25, -0.2) is 0 Å². The van der Waals surface area contributed by atoms with Crippen molar-refractivity contribution in [3.63, 3.8) is 0 Å². The lowest BCUT2D eigenvalue weighted by Gasteiger charge is -2.59. The van der Waals surface area contributed by atoms with E-state index in [1.54, 1.807) is 0 Å². The first-order valence-corrected chi connectivity index (χ1v) is 12.9. The van der Waals surface area contributed by atoms with Gasteiger partial charge in [0.05, 0.1) is 24.7 Å². The Labute approximate surface area is 206 Å². The van der Waals surface area contributed by atoms with Gasteiger partial charge in [-0.15, -0.1) is 0 Å². The predicted molar refractivity (Wildman–Crippen MR) is 125 cm³/mol. The van der Waals surface area contributed by atoms with Gasteiger partial charge in [-0.2, -0.15) is 0 Å². The highest BCUT2D eigenvalue weighted by molar-refractivity contribution is 5.77. The minimum absolute atomic E-state index is 0.0374. The van der Waals surface area contributed by atoms with Crippen molar-refractivity contribution < 1.29 is 44.9 Å². The summed E-state index contributed by atoms with van der Waals surface area (Å²) >= 11 is 0. The van der Waals surface area contributed by atoms with Crippen LogP contribution in [0.4, 0.5) is 0 Å². The second-order valence-corrected chi connectivity index (χ2v) is 12.0. The van der Waals surface area contributed by atoms with Gasteiger partial charge in [-0.3, -0.25) is 4.79 Å². The third kappa shape index (κ3) is 4.37. The maximum absolute atomic E-state index is 13.6. The maximum atomic E-state index is 13.6. The van der Waals surface area contributed by atoms with Gasteiger partial charge < -0.3 is 40.1 Å². The van der Waals surface area contributed by atoms with Gasteiger partial charge in [0.15, 0.2) is 0 Å². The van der Waals surface area contributed by atoms with Crippen LogP contribution >= 0.6 is 0 Å². The van der Waals surface area contributed by atoms with Crippen LogP contribution in [-0.4, -0.2) is 86.6 Å². The van der Waals surface area contributed by atoms with Crippen LogP contribution in [0.2, 0.25) is 0 Å². The van der Waals surface area contributed by atoms with Crippen molar-refractivity contribution in [2.24, 2.45) is 28.1 Å². The summed E-state index contributed by atoms with van der Waals surface area (Å²) in [6.45, 7) is 5.30. The molecule has 1 saturated heterocycles. The van der Waals surface area contributed by atoms with E-state index in [0.29, 0.717) is 6.42 Å². The highest BCUT2D eigenvalue weighted by Gasteiger charge is 2.60. The second-order valence-electron chi connectivity index (χ2n) is 12.0. The Hall–Kier alpha value is -1.07. The van der Waals surface area contributed by atoms with Crippen molar-refractivity contribution in [3.05, 3.63) is 11.6 Å². The topological polar surface area (TPSA) is 157 Å². The van der Waals surface area contributed by atoms with Crippen molar-refractivity contribution in [3.8, 4) is 0 Å². The van der Waals surface area contributed by atoms with Crippen LogP contribution in [0.25, 0.3) is 0 Å². The highest BCUT2D eigenvalue weighted by atomic mass is 16.7. The van der Waals surface area contributed by atoms with Gasteiger partial charge in [0, 0.05) is 5.41 Å². The number of hydrogen-bond donors (Lipinski definition) is 6. The van der Waals surface area contributed by atoms with Gasteiger partial charge in [0.1, 0.15) is 24.4 Å². The zero-order valence-corrected chi connectivity index (χ0v) is 21.0. The van der Waals surface area contributed by atoms with E-state index in [4.69, 9.17) is 9.47 Å². The molecule has 4 rings (SSSR count). The smallest absolute Gasteiger partial charge is 0.314 e. The van der Waals surface area contributed by atoms with Crippen molar-refractivity contribution in [1.82, 2.24) is 0 Å². The lowest BCUT2D eigenvalue weighted by molar-refractivity contribution is -0.297. The van der Waals surface area contributed by atoms with Crippen LogP contribution in [0.5, 0.6) is 0 Å². The molecule has 0 aromatic carbocycles. The standard InChI is InChI=1S/C26H42O9/c1-24(18(29)13-28)10-7-15-14(11-24)5-6-17-25(15,2)8-4-9-26(17,3)23(33)35-22-21(32)20(31)19(30)16(12-27)34-22/h11,15-22,27-32H,4-10,12-13H2,1-3H3. The molecule has 9 heteroatoms. The molecule has 4 aliphatic rings. The van der Waals surface area contributed by atoms with Gasteiger partial charge in [0.25, 0.3) is 0 Å². The zero-order valence-electron chi connectivity index (χ0n) is 21.0. The Kier molecular flexibility index (Phi) is 7.45. The molecule has 3 fully saturated rings. The number of hydrogen-bond acceptors (Lipinski definition) is 9. The van der Waals surface area contributed by atoms with E-state index < -0.39 is 60.2 Å². The molecule has 200 valence electrons. The van der Waals surface area contributed by atoms with Gasteiger partial charge >= 0.3 is 5.97 Å². The number of carbonyl (C=O) groups is 1. The number of carbonyl (C=O) groups excluding carboxylic acids is 1. The third-order valence-electron chi connectivity index (χ3n) is 9.90. The van der Waals surface area contributed by atoms with Crippen LogP contribution in [0.1, 0.15) is 65.7 Å². The molecule has 0 aromatic rings. The number of aliphatic hydroxyl groups is 6. The number of rotatable bonds is 5. The number of esters is 1. The fourth-order valence-corrected chi connectivity index (χ4v) is 7.65.